The first-order valence-electron chi connectivity index (χ1n) is 8.93. The smallest absolute Gasteiger partial charge is 0.293 e. The molecule has 0 radical (unpaired) electrons. The van der Waals surface area contributed by atoms with Crippen LogP contribution >= 0.6 is 0 Å². The predicted octanol–water partition coefficient (Wildman–Crippen LogP) is 2.22. The number of nitrogens with zero attached hydrogens (tertiary/aromatic N) is 4. The van der Waals surface area contributed by atoms with E-state index < -0.39 is 15.4 Å². The molecule has 0 saturated heterocycles. The molecule has 0 amide bonds. The average molecular weight is 406 g/mol. The van der Waals surface area contributed by atoms with Crippen LogP contribution in [0.2, 0.25) is 0 Å². The zero-order valence-electron chi connectivity index (χ0n) is 16.0. The summed E-state index contributed by atoms with van der Waals surface area (Å²) in [7, 11) is -3.63. The van der Waals surface area contributed by atoms with E-state index in [1.807, 2.05) is 42.5 Å². The summed E-state index contributed by atoms with van der Waals surface area (Å²) in [5.41, 5.74) is 0.960. The van der Waals surface area contributed by atoms with Gasteiger partial charge in [-0.1, -0.05) is 48.4 Å². The topological polar surface area (TPSA) is 86.8 Å². The molecule has 0 aliphatic heterocycles. The number of sulfone groups is 1. The van der Waals surface area contributed by atoms with Crippen LogP contribution in [-0.4, -0.2) is 34.0 Å². The monoisotopic (exact) mass is 406 g/mol. The minimum Gasteiger partial charge on any atom is -0.298 e. The lowest BCUT2D eigenvalue weighted by Gasteiger charge is -2.09. The van der Waals surface area contributed by atoms with E-state index in [0.29, 0.717) is 0 Å². The van der Waals surface area contributed by atoms with Crippen LogP contribution in [0.25, 0.3) is 21.8 Å². The third kappa shape index (κ3) is 3.41. The molecule has 0 spiro atoms. The summed E-state index contributed by atoms with van der Waals surface area (Å²) in [5.74, 6) is 5.54. The summed E-state index contributed by atoms with van der Waals surface area (Å²) in [6, 6.07) is 13.8. The van der Waals surface area contributed by atoms with Gasteiger partial charge in [0.15, 0.2) is 0 Å². The van der Waals surface area contributed by atoms with Crippen LogP contribution < -0.4 is 5.56 Å². The molecule has 0 saturated carbocycles. The number of fused-ring (bicyclic) bond motifs is 2. The van der Waals surface area contributed by atoms with Gasteiger partial charge in [-0.3, -0.25) is 9.36 Å². The van der Waals surface area contributed by atoms with Crippen molar-refractivity contribution in [2.24, 2.45) is 0 Å². The molecule has 4 aromatic rings. The minimum absolute atomic E-state index is 0.0585. The maximum Gasteiger partial charge on any atom is 0.293 e. The van der Waals surface area contributed by atoms with Crippen molar-refractivity contribution in [2.45, 2.75) is 25.2 Å². The van der Waals surface area contributed by atoms with E-state index in [0.717, 1.165) is 22.6 Å². The Kier molecular flexibility index (Phi) is 4.68. The third-order valence-electron chi connectivity index (χ3n) is 4.66. The summed E-state index contributed by atoms with van der Waals surface area (Å²) < 4.78 is 27.0. The Hall–Kier alpha value is -3.44. The fourth-order valence-corrected chi connectivity index (χ4v) is 4.18. The van der Waals surface area contributed by atoms with Gasteiger partial charge in [-0.2, -0.15) is 5.10 Å². The normalized spacial score (nSPS) is 11.5. The third-order valence-corrected chi connectivity index (χ3v) is 5.64. The summed E-state index contributed by atoms with van der Waals surface area (Å²) in [5, 5.41) is 6.14. The van der Waals surface area contributed by atoms with Crippen LogP contribution in [0.5, 0.6) is 0 Å². The van der Waals surface area contributed by atoms with Gasteiger partial charge in [0.2, 0.25) is 15.0 Å². The number of imidazole rings is 1. The van der Waals surface area contributed by atoms with Crippen LogP contribution in [0, 0.1) is 11.8 Å². The van der Waals surface area contributed by atoms with Gasteiger partial charge in [-0.15, -0.1) is 5.92 Å². The van der Waals surface area contributed by atoms with Crippen molar-refractivity contribution in [3.8, 4) is 11.8 Å². The first kappa shape index (κ1) is 18.9. The van der Waals surface area contributed by atoms with Gasteiger partial charge in [0, 0.05) is 6.26 Å². The van der Waals surface area contributed by atoms with Crippen molar-refractivity contribution in [3.05, 3.63) is 64.6 Å². The Morgan fingerprint density at radius 1 is 1.10 bits per heavy atom. The number of aromatic nitrogens is 4. The molecule has 0 aliphatic rings. The molecule has 0 unspecified atom stereocenters. The Morgan fingerprint density at radius 2 is 1.86 bits per heavy atom. The molecule has 0 atom stereocenters. The van der Waals surface area contributed by atoms with Gasteiger partial charge in [0.25, 0.3) is 5.56 Å². The Bertz CT molecular complexity index is 1470. The van der Waals surface area contributed by atoms with Crippen LogP contribution in [0.15, 0.2) is 58.6 Å². The second-order valence-electron chi connectivity index (χ2n) is 6.66. The lowest BCUT2D eigenvalue weighted by atomic mass is 10.0. The predicted molar refractivity (Wildman–Crippen MR) is 111 cm³/mol. The van der Waals surface area contributed by atoms with Crippen molar-refractivity contribution in [3.63, 3.8) is 0 Å². The zero-order chi connectivity index (χ0) is 20.6. The van der Waals surface area contributed by atoms with Gasteiger partial charge in [0.05, 0.1) is 19.3 Å². The molecule has 2 heterocycles. The fraction of sp³-hybridized carbons (Fsp3) is 0.190. The number of benzene rings is 2. The van der Waals surface area contributed by atoms with E-state index in [-0.39, 0.29) is 29.3 Å². The van der Waals surface area contributed by atoms with E-state index in [1.165, 1.54) is 15.4 Å². The van der Waals surface area contributed by atoms with Crippen molar-refractivity contribution in [2.75, 3.05) is 6.26 Å². The van der Waals surface area contributed by atoms with Crippen molar-refractivity contribution in [1.29, 1.82) is 0 Å². The van der Waals surface area contributed by atoms with Crippen LogP contribution in [0.4, 0.5) is 0 Å². The number of hydrogen-bond donors (Lipinski definition) is 0. The second-order valence-corrected chi connectivity index (χ2v) is 8.57. The standard InChI is InChI=1S/C21H18N4O3S/c1-3-4-12-24-19-18(23-21(24)29(2,27)28)13-22-25(20(19)26)14-16-10-7-9-15-8-5-6-11-17(15)16/h5-11,13H,12,14H2,1-2H3. The van der Waals surface area contributed by atoms with Crippen molar-refractivity contribution < 1.29 is 8.42 Å². The maximum atomic E-state index is 13.2. The molecule has 29 heavy (non-hydrogen) atoms. The zero-order valence-corrected chi connectivity index (χ0v) is 16.8. The Labute approximate surface area is 167 Å². The average Bonchev–Trinajstić information content (AvgIpc) is 3.08. The second kappa shape index (κ2) is 7.18. The molecule has 4 rings (SSSR count). The summed E-state index contributed by atoms with van der Waals surface area (Å²) in [6.45, 7) is 1.97. The van der Waals surface area contributed by atoms with Crippen LogP contribution in [-0.2, 0) is 22.9 Å². The molecular weight excluding hydrogens is 388 g/mol. The molecule has 0 bridgehead atoms. The summed E-state index contributed by atoms with van der Waals surface area (Å²) in [4.78, 5) is 17.3. The van der Waals surface area contributed by atoms with E-state index in [4.69, 9.17) is 0 Å². The van der Waals surface area contributed by atoms with E-state index in [2.05, 4.69) is 21.9 Å². The molecule has 0 fully saturated rings. The van der Waals surface area contributed by atoms with Gasteiger partial charge >= 0.3 is 0 Å². The Balaban J connectivity index is 1.91. The van der Waals surface area contributed by atoms with Gasteiger partial charge in [-0.05, 0) is 23.3 Å². The Morgan fingerprint density at radius 3 is 2.62 bits per heavy atom. The van der Waals surface area contributed by atoms with E-state index in [9.17, 15) is 13.2 Å². The summed E-state index contributed by atoms with van der Waals surface area (Å²) >= 11 is 0. The van der Waals surface area contributed by atoms with Gasteiger partial charge in [0.1, 0.15) is 11.0 Å². The van der Waals surface area contributed by atoms with Gasteiger partial charge < -0.3 is 0 Å². The highest BCUT2D eigenvalue weighted by Crippen LogP contribution is 2.20. The lowest BCUT2D eigenvalue weighted by Crippen LogP contribution is -2.25. The van der Waals surface area contributed by atoms with Crippen molar-refractivity contribution >= 4 is 31.6 Å². The minimum atomic E-state index is -3.63. The van der Waals surface area contributed by atoms with Crippen LogP contribution in [0.3, 0.4) is 0 Å². The molecule has 0 aliphatic carbocycles. The maximum absolute atomic E-state index is 13.2. The quantitative estimate of drug-likeness (QED) is 0.485. The highest BCUT2D eigenvalue weighted by Gasteiger charge is 2.22. The number of rotatable bonds is 4. The molecule has 8 heteroatoms. The highest BCUT2D eigenvalue weighted by molar-refractivity contribution is 7.90. The summed E-state index contributed by atoms with van der Waals surface area (Å²) in [6.07, 6.45) is 2.48. The number of hydrogen-bond acceptors (Lipinski definition) is 5. The van der Waals surface area contributed by atoms with E-state index >= 15 is 0 Å². The molecule has 7 nitrogen and oxygen atoms in total. The fourth-order valence-electron chi connectivity index (χ4n) is 3.36. The van der Waals surface area contributed by atoms with E-state index in [1.54, 1.807) is 6.92 Å². The molecular formula is C21H18N4O3S. The SMILES string of the molecule is CC#CCn1c(S(C)(=O)=O)nc2cnn(Cc3cccc4ccccc34)c(=O)c21. The molecule has 2 aromatic carbocycles. The van der Waals surface area contributed by atoms with Gasteiger partial charge in [-0.25, -0.2) is 18.1 Å². The molecule has 2 aromatic heterocycles. The first-order valence-corrected chi connectivity index (χ1v) is 10.8. The largest absolute Gasteiger partial charge is 0.298 e. The highest BCUT2D eigenvalue weighted by atomic mass is 32.2. The first-order chi connectivity index (χ1) is 13.9. The van der Waals surface area contributed by atoms with Crippen LogP contribution in [0.1, 0.15) is 12.5 Å². The molecule has 146 valence electrons. The lowest BCUT2D eigenvalue weighted by molar-refractivity contribution is 0.582. The van der Waals surface area contributed by atoms with Crippen molar-refractivity contribution in [1.82, 2.24) is 19.3 Å². The molecule has 0 N–H and O–H groups in total.